The zero-order chi connectivity index (χ0) is 15.1. The Morgan fingerprint density at radius 3 is 2.62 bits per heavy atom. The predicted octanol–water partition coefficient (Wildman–Crippen LogP) is 3.82. The highest BCUT2D eigenvalue weighted by molar-refractivity contribution is 5.36. The van der Waals surface area contributed by atoms with Gasteiger partial charge in [-0.2, -0.15) is 0 Å². The molecule has 1 atom stereocenters. The molecule has 1 saturated carbocycles. The third kappa shape index (κ3) is 4.45. The monoisotopic (exact) mass is 291 g/mol. The molecular weight excluding hydrogens is 262 g/mol. The molecule has 1 aliphatic rings. The van der Waals surface area contributed by atoms with Crippen molar-refractivity contribution in [1.82, 2.24) is 5.32 Å². The average Bonchev–Trinajstić information content (AvgIpc) is 2.94. The fraction of sp³-hybridized carbons (Fsp3) is 0.667. The van der Waals surface area contributed by atoms with Crippen LogP contribution in [0.5, 0.6) is 5.75 Å². The predicted molar refractivity (Wildman–Crippen MR) is 86.7 cm³/mol. The molecule has 2 N–H and O–H groups in total. The molecule has 0 spiro atoms. The molecule has 1 aromatic rings. The number of aliphatic hydroxyl groups is 1. The molecule has 2 rings (SSSR count). The van der Waals surface area contributed by atoms with E-state index >= 15 is 0 Å². The molecule has 0 aromatic heterocycles. The van der Waals surface area contributed by atoms with Crippen LogP contribution in [-0.4, -0.2) is 23.9 Å². The Morgan fingerprint density at radius 2 is 1.95 bits per heavy atom. The maximum Gasteiger partial charge on any atom is 0.124 e. The van der Waals surface area contributed by atoms with Gasteiger partial charge in [-0.05, 0) is 38.3 Å². The van der Waals surface area contributed by atoms with E-state index < -0.39 is 5.60 Å². The Labute approximate surface area is 128 Å². The lowest BCUT2D eigenvalue weighted by Crippen LogP contribution is -2.32. The summed E-state index contributed by atoms with van der Waals surface area (Å²) in [6.45, 7) is 5.79. The van der Waals surface area contributed by atoms with E-state index in [9.17, 15) is 5.11 Å². The Bertz CT molecular complexity index is 427. The van der Waals surface area contributed by atoms with Crippen LogP contribution in [-0.2, 0) is 0 Å². The van der Waals surface area contributed by atoms with Crippen LogP contribution in [0.2, 0.25) is 0 Å². The standard InChI is InChI=1S/C18H29NO2/c1-3-13-19-16(4-2)15-9-5-6-10-17(15)21-14-18(20)11-7-8-12-18/h5-6,9-10,16,19-20H,3-4,7-8,11-14H2,1-2H3. The molecule has 0 amide bonds. The molecule has 118 valence electrons. The normalized spacial score (nSPS) is 18.6. The Morgan fingerprint density at radius 1 is 1.24 bits per heavy atom. The number of hydrogen-bond donors (Lipinski definition) is 2. The van der Waals surface area contributed by atoms with Crippen molar-refractivity contribution >= 4 is 0 Å². The molecular formula is C18H29NO2. The highest BCUT2D eigenvalue weighted by atomic mass is 16.5. The summed E-state index contributed by atoms with van der Waals surface area (Å²) in [6.07, 6.45) is 6.10. The first-order valence-electron chi connectivity index (χ1n) is 8.36. The highest BCUT2D eigenvalue weighted by Gasteiger charge is 2.32. The number of para-hydroxylation sites is 1. The van der Waals surface area contributed by atoms with Crippen LogP contribution in [0.3, 0.4) is 0 Å². The number of rotatable bonds is 8. The quantitative estimate of drug-likeness (QED) is 0.765. The molecule has 0 aliphatic heterocycles. The lowest BCUT2D eigenvalue weighted by Gasteiger charge is -2.25. The van der Waals surface area contributed by atoms with Gasteiger partial charge in [-0.3, -0.25) is 0 Å². The fourth-order valence-electron chi connectivity index (χ4n) is 3.08. The summed E-state index contributed by atoms with van der Waals surface area (Å²) >= 11 is 0. The van der Waals surface area contributed by atoms with Crippen LogP contribution < -0.4 is 10.1 Å². The second-order valence-electron chi connectivity index (χ2n) is 6.17. The second-order valence-corrected chi connectivity index (χ2v) is 6.17. The summed E-state index contributed by atoms with van der Waals surface area (Å²) in [6, 6.07) is 8.53. The molecule has 1 aromatic carbocycles. The lowest BCUT2D eigenvalue weighted by molar-refractivity contribution is 0.000979. The van der Waals surface area contributed by atoms with Gasteiger partial charge in [0, 0.05) is 11.6 Å². The van der Waals surface area contributed by atoms with E-state index in [2.05, 4.69) is 31.3 Å². The van der Waals surface area contributed by atoms with Crippen LogP contribution in [0.1, 0.15) is 64.0 Å². The Balaban J connectivity index is 2.04. The molecule has 0 heterocycles. The number of nitrogens with one attached hydrogen (secondary N) is 1. The summed E-state index contributed by atoms with van der Waals surface area (Å²) in [5, 5.41) is 14.0. The summed E-state index contributed by atoms with van der Waals surface area (Å²) < 4.78 is 6.00. The summed E-state index contributed by atoms with van der Waals surface area (Å²) in [7, 11) is 0. The van der Waals surface area contributed by atoms with Crippen molar-refractivity contribution in [3.63, 3.8) is 0 Å². The van der Waals surface area contributed by atoms with Crippen molar-refractivity contribution in [3.05, 3.63) is 29.8 Å². The van der Waals surface area contributed by atoms with Crippen molar-refractivity contribution in [2.24, 2.45) is 0 Å². The number of ether oxygens (including phenoxy) is 1. The van der Waals surface area contributed by atoms with Crippen molar-refractivity contribution < 1.29 is 9.84 Å². The third-order valence-corrected chi connectivity index (χ3v) is 4.37. The molecule has 3 heteroatoms. The molecule has 21 heavy (non-hydrogen) atoms. The van der Waals surface area contributed by atoms with Gasteiger partial charge >= 0.3 is 0 Å². The Kier molecular flexibility index (Phi) is 6.07. The molecule has 3 nitrogen and oxygen atoms in total. The van der Waals surface area contributed by atoms with Crippen LogP contribution in [0, 0.1) is 0 Å². The fourth-order valence-corrected chi connectivity index (χ4v) is 3.08. The van der Waals surface area contributed by atoms with Gasteiger partial charge in [-0.25, -0.2) is 0 Å². The summed E-state index contributed by atoms with van der Waals surface area (Å²) in [5.74, 6) is 0.910. The van der Waals surface area contributed by atoms with Crippen LogP contribution in [0.25, 0.3) is 0 Å². The zero-order valence-corrected chi connectivity index (χ0v) is 13.4. The molecule has 0 radical (unpaired) electrons. The number of hydrogen-bond acceptors (Lipinski definition) is 3. The molecule has 0 bridgehead atoms. The first kappa shape index (κ1) is 16.3. The van der Waals surface area contributed by atoms with E-state index in [0.717, 1.165) is 50.8 Å². The van der Waals surface area contributed by atoms with Crippen LogP contribution >= 0.6 is 0 Å². The largest absolute Gasteiger partial charge is 0.490 e. The van der Waals surface area contributed by atoms with E-state index in [0.29, 0.717) is 12.6 Å². The minimum atomic E-state index is -0.619. The van der Waals surface area contributed by atoms with E-state index in [1.165, 1.54) is 5.56 Å². The highest BCUT2D eigenvalue weighted by Crippen LogP contribution is 2.32. The lowest BCUT2D eigenvalue weighted by atomic mass is 10.0. The maximum atomic E-state index is 10.4. The first-order chi connectivity index (χ1) is 10.2. The van der Waals surface area contributed by atoms with Gasteiger partial charge in [0.25, 0.3) is 0 Å². The second kappa shape index (κ2) is 7.81. The van der Waals surface area contributed by atoms with Gasteiger partial charge in [0.2, 0.25) is 0 Å². The van der Waals surface area contributed by atoms with Crippen LogP contribution in [0.4, 0.5) is 0 Å². The van der Waals surface area contributed by atoms with Crippen LogP contribution in [0.15, 0.2) is 24.3 Å². The zero-order valence-electron chi connectivity index (χ0n) is 13.4. The van der Waals surface area contributed by atoms with E-state index in [1.807, 2.05) is 12.1 Å². The third-order valence-electron chi connectivity index (χ3n) is 4.37. The van der Waals surface area contributed by atoms with E-state index in [-0.39, 0.29) is 0 Å². The van der Waals surface area contributed by atoms with Gasteiger partial charge < -0.3 is 15.2 Å². The minimum absolute atomic E-state index is 0.319. The maximum absolute atomic E-state index is 10.4. The van der Waals surface area contributed by atoms with E-state index in [4.69, 9.17) is 4.74 Å². The summed E-state index contributed by atoms with van der Waals surface area (Å²) in [4.78, 5) is 0. The molecule has 1 unspecified atom stereocenters. The summed E-state index contributed by atoms with van der Waals surface area (Å²) in [5.41, 5.74) is 0.584. The van der Waals surface area contributed by atoms with Crippen molar-refractivity contribution in [2.45, 2.75) is 64.0 Å². The molecule has 0 saturated heterocycles. The van der Waals surface area contributed by atoms with Crippen molar-refractivity contribution in [3.8, 4) is 5.75 Å². The van der Waals surface area contributed by atoms with Crippen molar-refractivity contribution in [1.29, 1.82) is 0 Å². The van der Waals surface area contributed by atoms with Gasteiger partial charge in [0.15, 0.2) is 0 Å². The topological polar surface area (TPSA) is 41.5 Å². The van der Waals surface area contributed by atoms with Gasteiger partial charge in [-0.15, -0.1) is 0 Å². The molecule has 1 fully saturated rings. The first-order valence-corrected chi connectivity index (χ1v) is 8.36. The van der Waals surface area contributed by atoms with Gasteiger partial charge in [-0.1, -0.05) is 44.9 Å². The van der Waals surface area contributed by atoms with Gasteiger partial charge in [0.05, 0.1) is 5.60 Å². The smallest absolute Gasteiger partial charge is 0.124 e. The Hall–Kier alpha value is -1.06. The average molecular weight is 291 g/mol. The van der Waals surface area contributed by atoms with Gasteiger partial charge in [0.1, 0.15) is 12.4 Å². The molecule has 1 aliphatic carbocycles. The SMILES string of the molecule is CCCNC(CC)c1ccccc1OCC1(O)CCCC1. The number of benzene rings is 1. The van der Waals surface area contributed by atoms with Crippen molar-refractivity contribution in [2.75, 3.05) is 13.2 Å². The minimum Gasteiger partial charge on any atom is -0.490 e. The van der Waals surface area contributed by atoms with E-state index in [1.54, 1.807) is 0 Å².